The molecule has 1 aliphatic heterocycles. The maximum Gasteiger partial charge on any atom is 0.262 e. The third-order valence-corrected chi connectivity index (χ3v) is 3.57. The Morgan fingerprint density at radius 3 is 2.76 bits per heavy atom. The molecule has 0 radical (unpaired) electrons. The number of anilines is 4. The van der Waals surface area contributed by atoms with Crippen LogP contribution in [0.15, 0.2) is 30.3 Å². The van der Waals surface area contributed by atoms with Crippen molar-refractivity contribution in [1.82, 2.24) is 0 Å². The molecule has 0 saturated heterocycles. The molecule has 0 fully saturated rings. The van der Waals surface area contributed by atoms with Crippen LogP contribution in [0.3, 0.4) is 0 Å². The Labute approximate surface area is 123 Å². The van der Waals surface area contributed by atoms with E-state index in [1.54, 1.807) is 12.1 Å². The van der Waals surface area contributed by atoms with E-state index in [0.29, 0.717) is 17.1 Å². The monoisotopic (exact) mass is 283 g/mol. The Kier molecular flexibility index (Phi) is 3.17. The van der Waals surface area contributed by atoms with E-state index in [-0.39, 0.29) is 12.5 Å². The lowest BCUT2D eigenvalue weighted by Gasteiger charge is -2.20. The Bertz CT molecular complexity index is 726. The highest BCUT2D eigenvalue weighted by Gasteiger charge is 2.18. The summed E-state index contributed by atoms with van der Waals surface area (Å²) >= 11 is 0. The first-order valence-corrected chi connectivity index (χ1v) is 6.73. The molecule has 0 unspecified atom stereocenters. The number of nitrogens with one attached hydrogen (secondary N) is 2. The summed E-state index contributed by atoms with van der Waals surface area (Å²) in [5.41, 5.74) is 11.4. The van der Waals surface area contributed by atoms with Crippen LogP contribution in [0.4, 0.5) is 22.7 Å². The molecule has 1 aliphatic rings. The number of carbonyl (C=O) groups excluding carboxylic acids is 1. The van der Waals surface area contributed by atoms with Crippen molar-refractivity contribution in [1.29, 1.82) is 0 Å². The highest BCUT2D eigenvalue weighted by molar-refractivity contribution is 5.97. The van der Waals surface area contributed by atoms with Crippen LogP contribution >= 0.6 is 0 Å². The molecule has 5 nitrogen and oxygen atoms in total. The molecule has 0 saturated carbocycles. The highest BCUT2D eigenvalue weighted by atomic mass is 16.5. The third-order valence-electron chi connectivity index (χ3n) is 3.57. The van der Waals surface area contributed by atoms with E-state index >= 15 is 0 Å². The number of rotatable bonds is 2. The Hall–Kier alpha value is -2.69. The number of carbonyl (C=O) groups is 1. The van der Waals surface area contributed by atoms with Gasteiger partial charge < -0.3 is 21.1 Å². The number of ether oxygens (including phenoxy) is 1. The van der Waals surface area contributed by atoms with E-state index in [9.17, 15) is 4.79 Å². The van der Waals surface area contributed by atoms with Gasteiger partial charge >= 0.3 is 0 Å². The molecule has 5 heteroatoms. The zero-order chi connectivity index (χ0) is 15.0. The minimum absolute atomic E-state index is 0.0242. The average molecular weight is 283 g/mol. The van der Waals surface area contributed by atoms with Crippen molar-refractivity contribution < 1.29 is 9.53 Å². The van der Waals surface area contributed by atoms with Crippen molar-refractivity contribution in [3.05, 3.63) is 41.5 Å². The molecule has 0 atom stereocenters. The second-order valence-corrected chi connectivity index (χ2v) is 5.20. The minimum Gasteiger partial charge on any atom is -0.482 e. The van der Waals surface area contributed by atoms with Gasteiger partial charge in [-0.3, -0.25) is 4.79 Å². The van der Waals surface area contributed by atoms with Crippen molar-refractivity contribution in [2.24, 2.45) is 0 Å². The summed E-state index contributed by atoms with van der Waals surface area (Å²) in [6.07, 6.45) is 0. The zero-order valence-electron chi connectivity index (χ0n) is 12.0. The second-order valence-electron chi connectivity index (χ2n) is 5.20. The number of fused-ring (bicyclic) bond motifs is 1. The Balaban J connectivity index is 1.93. The number of aryl methyl sites for hydroxylation is 2. The van der Waals surface area contributed by atoms with E-state index < -0.39 is 0 Å². The minimum atomic E-state index is -0.163. The van der Waals surface area contributed by atoms with Crippen LogP contribution in [0.5, 0.6) is 5.75 Å². The van der Waals surface area contributed by atoms with Crippen molar-refractivity contribution in [3.63, 3.8) is 0 Å². The molecule has 0 bridgehead atoms. The third kappa shape index (κ3) is 2.63. The van der Waals surface area contributed by atoms with Gasteiger partial charge in [0.15, 0.2) is 6.61 Å². The van der Waals surface area contributed by atoms with Gasteiger partial charge in [-0.2, -0.15) is 0 Å². The van der Waals surface area contributed by atoms with Crippen LogP contribution in [0.25, 0.3) is 0 Å². The molecule has 0 aromatic heterocycles. The summed E-state index contributed by atoms with van der Waals surface area (Å²) in [6.45, 7) is 4.15. The molecule has 4 N–H and O–H groups in total. The molecule has 3 rings (SSSR count). The van der Waals surface area contributed by atoms with Crippen molar-refractivity contribution in [2.75, 3.05) is 23.0 Å². The first kappa shape index (κ1) is 13.3. The number of amides is 1. The molecule has 0 aliphatic carbocycles. The fourth-order valence-corrected chi connectivity index (χ4v) is 2.23. The Morgan fingerprint density at radius 1 is 1.19 bits per heavy atom. The van der Waals surface area contributed by atoms with E-state index in [4.69, 9.17) is 10.5 Å². The van der Waals surface area contributed by atoms with Crippen LogP contribution < -0.4 is 21.1 Å². The van der Waals surface area contributed by atoms with Gasteiger partial charge in [0, 0.05) is 11.8 Å². The van der Waals surface area contributed by atoms with Crippen molar-refractivity contribution >= 4 is 28.7 Å². The second kappa shape index (κ2) is 5.01. The average Bonchev–Trinajstić information content (AvgIpc) is 2.44. The predicted molar refractivity (Wildman–Crippen MR) is 84.2 cm³/mol. The van der Waals surface area contributed by atoms with Crippen LogP contribution in [0, 0.1) is 13.8 Å². The number of benzene rings is 2. The van der Waals surface area contributed by atoms with Crippen LogP contribution in [0.1, 0.15) is 11.1 Å². The molecule has 2 aromatic carbocycles. The summed E-state index contributed by atoms with van der Waals surface area (Å²) in [7, 11) is 0. The van der Waals surface area contributed by atoms with Gasteiger partial charge in [0.25, 0.3) is 5.91 Å². The molecule has 2 aromatic rings. The van der Waals surface area contributed by atoms with Crippen molar-refractivity contribution in [2.45, 2.75) is 13.8 Å². The number of hydrogen-bond acceptors (Lipinski definition) is 4. The van der Waals surface area contributed by atoms with Crippen molar-refractivity contribution in [3.8, 4) is 5.75 Å². The summed E-state index contributed by atoms with van der Waals surface area (Å²) < 4.78 is 5.34. The van der Waals surface area contributed by atoms with Crippen LogP contribution in [-0.2, 0) is 4.79 Å². The van der Waals surface area contributed by atoms with Crippen LogP contribution in [0.2, 0.25) is 0 Å². The number of nitrogen functional groups attached to an aromatic ring is 1. The molecular formula is C16H17N3O2. The number of hydrogen-bond donors (Lipinski definition) is 3. The van der Waals surface area contributed by atoms with E-state index in [1.165, 1.54) is 11.1 Å². The topological polar surface area (TPSA) is 76.4 Å². The SMILES string of the molecule is Cc1ccc(Nc2cc3c(cc2N)OCC(=O)N3)cc1C. The van der Waals surface area contributed by atoms with E-state index in [2.05, 4.69) is 36.6 Å². The van der Waals surface area contributed by atoms with Gasteiger partial charge in [-0.1, -0.05) is 6.07 Å². The predicted octanol–water partition coefficient (Wildman–Crippen LogP) is 2.96. The fraction of sp³-hybridized carbons (Fsp3) is 0.188. The first-order chi connectivity index (χ1) is 10.0. The molecule has 1 heterocycles. The van der Waals surface area contributed by atoms with Gasteiger partial charge in [0.05, 0.1) is 17.1 Å². The lowest BCUT2D eigenvalue weighted by molar-refractivity contribution is -0.118. The van der Waals surface area contributed by atoms with Gasteiger partial charge in [-0.25, -0.2) is 0 Å². The summed E-state index contributed by atoms with van der Waals surface area (Å²) in [4.78, 5) is 11.4. The standard InChI is InChI=1S/C16H17N3O2/c1-9-3-4-11(5-10(9)2)18-13-7-14-15(6-12(13)17)21-8-16(20)19-14/h3-7,18H,8,17H2,1-2H3,(H,19,20). The van der Waals surface area contributed by atoms with Crippen LogP contribution in [-0.4, -0.2) is 12.5 Å². The molecule has 1 amide bonds. The maximum absolute atomic E-state index is 11.4. The molecule has 21 heavy (non-hydrogen) atoms. The Morgan fingerprint density at radius 2 is 2.00 bits per heavy atom. The lowest BCUT2D eigenvalue weighted by atomic mass is 10.1. The van der Waals surface area contributed by atoms with E-state index in [0.717, 1.165) is 11.4 Å². The molecular weight excluding hydrogens is 266 g/mol. The molecule has 108 valence electrons. The lowest BCUT2D eigenvalue weighted by Crippen LogP contribution is -2.25. The number of nitrogens with two attached hydrogens (primary N) is 1. The van der Waals surface area contributed by atoms with Gasteiger partial charge in [-0.05, 0) is 43.2 Å². The smallest absolute Gasteiger partial charge is 0.262 e. The summed E-state index contributed by atoms with van der Waals surface area (Å²) in [5, 5.41) is 6.05. The molecule has 0 spiro atoms. The normalized spacial score (nSPS) is 13.1. The largest absolute Gasteiger partial charge is 0.482 e. The fourth-order valence-electron chi connectivity index (χ4n) is 2.23. The zero-order valence-corrected chi connectivity index (χ0v) is 12.0. The first-order valence-electron chi connectivity index (χ1n) is 6.73. The highest BCUT2D eigenvalue weighted by Crippen LogP contribution is 2.36. The maximum atomic E-state index is 11.4. The summed E-state index contributed by atoms with van der Waals surface area (Å²) in [6, 6.07) is 9.62. The van der Waals surface area contributed by atoms with Gasteiger partial charge in [0.1, 0.15) is 5.75 Å². The van der Waals surface area contributed by atoms with Gasteiger partial charge in [0.2, 0.25) is 0 Å². The van der Waals surface area contributed by atoms with Gasteiger partial charge in [-0.15, -0.1) is 0 Å². The quantitative estimate of drug-likeness (QED) is 0.741. The summed E-state index contributed by atoms with van der Waals surface area (Å²) in [5.74, 6) is 0.433. The van der Waals surface area contributed by atoms with E-state index in [1.807, 2.05) is 6.07 Å².